The highest BCUT2D eigenvalue weighted by atomic mass is 16.5. The van der Waals surface area contributed by atoms with Crippen molar-refractivity contribution in [2.45, 2.75) is 6.92 Å². The summed E-state index contributed by atoms with van der Waals surface area (Å²) in [4.78, 5) is 6.61. The molecule has 0 aliphatic carbocycles. The topological polar surface area (TPSA) is 37.4 Å². The minimum atomic E-state index is 0.777. The van der Waals surface area contributed by atoms with Crippen molar-refractivity contribution in [1.82, 2.24) is 9.88 Å². The Balaban J connectivity index is 2.20. The zero-order chi connectivity index (χ0) is 11.8. The minimum absolute atomic E-state index is 0.777. The molecule has 0 aromatic carbocycles. The minimum Gasteiger partial charge on any atom is -0.383 e. The number of methoxy groups -OCH3 is 1. The fourth-order valence-electron chi connectivity index (χ4n) is 1.38. The first-order chi connectivity index (χ1) is 7.72. The molecule has 0 fully saturated rings. The van der Waals surface area contributed by atoms with Crippen LogP contribution in [0.4, 0.5) is 5.82 Å². The van der Waals surface area contributed by atoms with Gasteiger partial charge in [-0.3, -0.25) is 0 Å². The van der Waals surface area contributed by atoms with E-state index in [2.05, 4.69) is 22.2 Å². The van der Waals surface area contributed by atoms with E-state index in [1.54, 1.807) is 7.11 Å². The van der Waals surface area contributed by atoms with Crippen LogP contribution in [0.25, 0.3) is 0 Å². The van der Waals surface area contributed by atoms with Crippen molar-refractivity contribution in [1.29, 1.82) is 0 Å². The molecule has 1 N–H and O–H groups in total. The van der Waals surface area contributed by atoms with Crippen molar-refractivity contribution in [2.24, 2.45) is 0 Å². The smallest absolute Gasteiger partial charge is 0.126 e. The van der Waals surface area contributed by atoms with Gasteiger partial charge < -0.3 is 15.0 Å². The van der Waals surface area contributed by atoms with Gasteiger partial charge in [-0.25, -0.2) is 4.98 Å². The lowest BCUT2D eigenvalue weighted by atomic mass is 10.4. The molecule has 0 spiro atoms. The molecular weight excluding hydrogens is 202 g/mol. The quantitative estimate of drug-likeness (QED) is 0.758. The first kappa shape index (κ1) is 12.9. The standard InChI is InChI=1S/C12H21N3O/c1-11-5-4-6-12(14-11)13-7-8-15(2)9-10-16-3/h4-6H,7-10H2,1-3H3,(H,13,14). The summed E-state index contributed by atoms with van der Waals surface area (Å²) in [6, 6.07) is 6.00. The van der Waals surface area contributed by atoms with E-state index in [1.807, 2.05) is 25.1 Å². The zero-order valence-corrected chi connectivity index (χ0v) is 10.4. The summed E-state index contributed by atoms with van der Waals surface area (Å²) in [5.41, 5.74) is 1.04. The molecule has 1 rings (SSSR count). The van der Waals surface area contributed by atoms with Gasteiger partial charge in [-0.15, -0.1) is 0 Å². The van der Waals surface area contributed by atoms with Crippen LogP contribution >= 0.6 is 0 Å². The van der Waals surface area contributed by atoms with Crippen LogP contribution in [-0.4, -0.2) is 50.3 Å². The third kappa shape index (κ3) is 5.09. The van der Waals surface area contributed by atoms with E-state index < -0.39 is 0 Å². The number of likely N-dealkylation sites (N-methyl/N-ethyl adjacent to an activating group) is 1. The number of hydrogen-bond acceptors (Lipinski definition) is 4. The highest BCUT2D eigenvalue weighted by molar-refractivity contribution is 5.34. The number of nitrogens with zero attached hydrogens (tertiary/aromatic N) is 2. The number of anilines is 1. The highest BCUT2D eigenvalue weighted by Gasteiger charge is 1.98. The second kappa shape index (κ2) is 7.19. The van der Waals surface area contributed by atoms with Gasteiger partial charge in [0.2, 0.25) is 0 Å². The summed E-state index contributed by atoms with van der Waals surface area (Å²) in [7, 11) is 3.81. The lowest BCUT2D eigenvalue weighted by molar-refractivity contribution is 0.163. The maximum atomic E-state index is 5.02. The van der Waals surface area contributed by atoms with Gasteiger partial charge in [0.15, 0.2) is 0 Å². The van der Waals surface area contributed by atoms with E-state index in [0.29, 0.717) is 0 Å². The van der Waals surface area contributed by atoms with Crippen molar-refractivity contribution in [2.75, 3.05) is 45.7 Å². The van der Waals surface area contributed by atoms with Crippen molar-refractivity contribution >= 4 is 5.82 Å². The molecule has 0 unspecified atom stereocenters. The maximum absolute atomic E-state index is 5.02. The molecule has 0 amide bonds. The molecule has 4 heteroatoms. The first-order valence-corrected chi connectivity index (χ1v) is 5.57. The summed E-state index contributed by atoms with van der Waals surface area (Å²) in [5, 5.41) is 3.30. The number of ether oxygens (including phenoxy) is 1. The number of aromatic nitrogens is 1. The summed E-state index contributed by atoms with van der Waals surface area (Å²) in [6.07, 6.45) is 0. The summed E-state index contributed by atoms with van der Waals surface area (Å²) in [5.74, 6) is 0.945. The molecule has 0 saturated carbocycles. The third-order valence-corrected chi connectivity index (χ3v) is 2.37. The maximum Gasteiger partial charge on any atom is 0.126 e. The number of aryl methyl sites for hydroxylation is 1. The van der Waals surface area contributed by atoms with Crippen LogP contribution in [0.1, 0.15) is 5.69 Å². The fourth-order valence-corrected chi connectivity index (χ4v) is 1.38. The zero-order valence-electron chi connectivity index (χ0n) is 10.4. The molecule has 90 valence electrons. The van der Waals surface area contributed by atoms with Crippen LogP contribution in [0.5, 0.6) is 0 Å². The average Bonchev–Trinajstić information content (AvgIpc) is 2.26. The van der Waals surface area contributed by atoms with Crippen LogP contribution < -0.4 is 5.32 Å². The number of pyridine rings is 1. The van der Waals surface area contributed by atoms with Gasteiger partial charge in [-0.1, -0.05) is 6.07 Å². The molecule has 0 aliphatic heterocycles. The Morgan fingerprint density at radius 1 is 1.38 bits per heavy atom. The molecule has 0 saturated heterocycles. The lowest BCUT2D eigenvalue weighted by Gasteiger charge is -2.16. The van der Waals surface area contributed by atoms with Crippen LogP contribution in [0, 0.1) is 6.92 Å². The fraction of sp³-hybridized carbons (Fsp3) is 0.583. The summed E-state index contributed by atoms with van der Waals surface area (Å²) in [6.45, 7) is 5.62. The Labute approximate surface area is 97.6 Å². The second-order valence-corrected chi connectivity index (χ2v) is 3.89. The number of hydrogen-bond donors (Lipinski definition) is 1. The van der Waals surface area contributed by atoms with Crippen molar-refractivity contribution in [3.05, 3.63) is 23.9 Å². The predicted molar refractivity (Wildman–Crippen MR) is 66.8 cm³/mol. The van der Waals surface area contributed by atoms with Crippen molar-refractivity contribution < 1.29 is 4.74 Å². The Morgan fingerprint density at radius 2 is 2.19 bits per heavy atom. The molecule has 0 bridgehead atoms. The monoisotopic (exact) mass is 223 g/mol. The second-order valence-electron chi connectivity index (χ2n) is 3.89. The van der Waals surface area contributed by atoms with E-state index in [4.69, 9.17) is 4.74 Å². The molecule has 1 aromatic rings. The van der Waals surface area contributed by atoms with Gasteiger partial charge in [0, 0.05) is 32.4 Å². The van der Waals surface area contributed by atoms with Crippen LogP contribution in [-0.2, 0) is 4.74 Å². The molecule has 0 atom stereocenters. The Morgan fingerprint density at radius 3 is 2.88 bits per heavy atom. The normalized spacial score (nSPS) is 10.8. The molecule has 0 aliphatic rings. The molecule has 1 aromatic heterocycles. The number of rotatable bonds is 7. The van der Waals surface area contributed by atoms with Crippen molar-refractivity contribution in [3.63, 3.8) is 0 Å². The van der Waals surface area contributed by atoms with E-state index in [0.717, 1.165) is 37.8 Å². The van der Waals surface area contributed by atoms with Crippen LogP contribution in [0.2, 0.25) is 0 Å². The summed E-state index contributed by atoms with van der Waals surface area (Å²) < 4.78 is 5.02. The average molecular weight is 223 g/mol. The van der Waals surface area contributed by atoms with Crippen molar-refractivity contribution in [3.8, 4) is 0 Å². The lowest BCUT2D eigenvalue weighted by Crippen LogP contribution is -2.28. The van der Waals surface area contributed by atoms with Gasteiger partial charge in [-0.2, -0.15) is 0 Å². The summed E-state index contributed by atoms with van der Waals surface area (Å²) >= 11 is 0. The molecule has 16 heavy (non-hydrogen) atoms. The molecule has 0 radical (unpaired) electrons. The van der Waals surface area contributed by atoms with Gasteiger partial charge >= 0.3 is 0 Å². The van der Waals surface area contributed by atoms with E-state index >= 15 is 0 Å². The molecule has 1 heterocycles. The van der Waals surface area contributed by atoms with Gasteiger partial charge in [0.05, 0.1) is 6.61 Å². The number of nitrogens with one attached hydrogen (secondary N) is 1. The van der Waals surface area contributed by atoms with Gasteiger partial charge in [0.1, 0.15) is 5.82 Å². The Kier molecular flexibility index (Phi) is 5.82. The highest BCUT2D eigenvalue weighted by Crippen LogP contribution is 2.02. The Bertz CT molecular complexity index is 304. The Hall–Kier alpha value is -1.13. The van der Waals surface area contributed by atoms with E-state index in [9.17, 15) is 0 Å². The van der Waals surface area contributed by atoms with E-state index in [-0.39, 0.29) is 0 Å². The third-order valence-electron chi connectivity index (χ3n) is 2.37. The molecule has 4 nitrogen and oxygen atoms in total. The first-order valence-electron chi connectivity index (χ1n) is 5.57. The van der Waals surface area contributed by atoms with Gasteiger partial charge in [0.25, 0.3) is 0 Å². The van der Waals surface area contributed by atoms with Crippen LogP contribution in [0.3, 0.4) is 0 Å². The SMILES string of the molecule is COCCN(C)CCNc1cccc(C)n1. The van der Waals surface area contributed by atoms with E-state index in [1.165, 1.54) is 0 Å². The largest absolute Gasteiger partial charge is 0.383 e. The predicted octanol–water partition coefficient (Wildman–Crippen LogP) is 1.38. The molecular formula is C12H21N3O. The van der Waals surface area contributed by atoms with Crippen LogP contribution in [0.15, 0.2) is 18.2 Å². The van der Waals surface area contributed by atoms with Gasteiger partial charge in [-0.05, 0) is 26.1 Å².